The number of ether oxygens (including phenoxy) is 2. The fraction of sp³-hybridized carbons (Fsp3) is 0.472. The molecule has 2 aromatic rings. The van der Waals surface area contributed by atoms with Gasteiger partial charge in [-0.1, -0.05) is 50.3 Å². The first kappa shape index (κ1) is 38.1. The van der Waals surface area contributed by atoms with Crippen molar-refractivity contribution in [1.82, 2.24) is 14.5 Å². The molecule has 12 heteroatoms. The van der Waals surface area contributed by atoms with Gasteiger partial charge in [0.15, 0.2) is 5.83 Å². The van der Waals surface area contributed by atoms with Crippen LogP contribution in [-0.4, -0.2) is 34.0 Å². The van der Waals surface area contributed by atoms with Crippen molar-refractivity contribution >= 4 is 11.7 Å². The summed E-state index contributed by atoms with van der Waals surface area (Å²) in [6.45, 7) is 11.9. The van der Waals surface area contributed by atoms with Crippen LogP contribution in [-0.2, 0) is 28.7 Å². The maximum absolute atomic E-state index is 16.0. The monoisotopic (exact) mass is 675 g/mol. The number of nitrogens with one attached hydrogen (secondary N) is 1. The van der Waals surface area contributed by atoms with Gasteiger partial charge in [-0.15, -0.1) is 0 Å². The van der Waals surface area contributed by atoms with Crippen LogP contribution in [0.5, 0.6) is 0 Å². The first-order valence-electron chi connectivity index (χ1n) is 15.8. The number of aryl methyl sites for hydroxylation is 1. The van der Waals surface area contributed by atoms with Gasteiger partial charge in [0.25, 0.3) is 5.56 Å². The Morgan fingerprint density at radius 1 is 1.08 bits per heavy atom. The van der Waals surface area contributed by atoms with E-state index in [1.807, 2.05) is 12.2 Å². The molecule has 1 aliphatic rings. The predicted octanol–water partition coefficient (Wildman–Crippen LogP) is 7.75. The molecule has 1 aromatic heterocycles. The molecule has 0 saturated carbocycles. The van der Waals surface area contributed by atoms with Gasteiger partial charge in [0, 0.05) is 11.3 Å². The van der Waals surface area contributed by atoms with Crippen LogP contribution < -0.4 is 16.6 Å². The number of alkyl halides is 3. The number of carbonyl (C=O) groups excluding carboxylic acids is 1. The third kappa shape index (κ3) is 9.17. The second-order valence-corrected chi connectivity index (χ2v) is 13.1. The number of nitrogens with zero attached hydrogens (tertiary/aromatic N) is 2. The summed E-state index contributed by atoms with van der Waals surface area (Å²) >= 11 is 0. The number of allylic oxidation sites excluding steroid dienone is 6. The zero-order valence-corrected chi connectivity index (χ0v) is 29.0. The molecule has 0 radical (unpaired) electrons. The van der Waals surface area contributed by atoms with E-state index in [0.29, 0.717) is 12.0 Å². The SMILES string of the molecule is CO/C(C)=C(F)/C(=C\C(C)C)c1c(C)n(Cc2c(C)cccc2C(F)(F)F)c(=O)n(CC(NC(=O)OC(C)(C)C)C2=CCCC=C2)c1=O. The maximum atomic E-state index is 16.0. The minimum absolute atomic E-state index is 0.0305. The van der Waals surface area contributed by atoms with Gasteiger partial charge in [-0.2, -0.15) is 13.2 Å². The highest BCUT2D eigenvalue weighted by molar-refractivity contribution is 5.78. The van der Waals surface area contributed by atoms with E-state index in [4.69, 9.17) is 9.47 Å². The zero-order chi connectivity index (χ0) is 36.1. The van der Waals surface area contributed by atoms with Crippen molar-refractivity contribution in [3.63, 3.8) is 0 Å². The molecule has 1 amide bonds. The quantitative estimate of drug-likeness (QED) is 0.158. The summed E-state index contributed by atoms with van der Waals surface area (Å²) in [7, 11) is 1.27. The number of hydrogen-bond acceptors (Lipinski definition) is 5. The molecule has 262 valence electrons. The van der Waals surface area contributed by atoms with Crippen molar-refractivity contribution in [2.24, 2.45) is 5.92 Å². The second kappa shape index (κ2) is 15.3. The molecule has 0 fully saturated rings. The normalized spacial score (nSPS) is 15.2. The minimum atomic E-state index is -4.73. The van der Waals surface area contributed by atoms with Crippen LogP contribution in [0.2, 0.25) is 0 Å². The van der Waals surface area contributed by atoms with Crippen molar-refractivity contribution in [2.45, 2.75) is 99.1 Å². The Balaban J connectivity index is 2.42. The summed E-state index contributed by atoms with van der Waals surface area (Å²) in [4.78, 5) is 41.6. The molecule has 1 N–H and O–H groups in total. The zero-order valence-electron chi connectivity index (χ0n) is 29.0. The first-order valence-corrected chi connectivity index (χ1v) is 15.8. The molecule has 0 aliphatic heterocycles. The molecular weight excluding hydrogens is 630 g/mol. The van der Waals surface area contributed by atoms with Crippen LogP contribution in [0.1, 0.15) is 82.3 Å². The lowest BCUT2D eigenvalue weighted by atomic mass is 9.97. The van der Waals surface area contributed by atoms with Gasteiger partial charge < -0.3 is 14.8 Å². The van der Waals surface area contributed by atoms with Gasteiger partial charge in [0.05, 0.1) is 37.4 Å². The molecule has 1 aromatic carbocycles. The molecule has 0 spiro atoms. The van der Waals surface area contributed by atoms with Gasteiger partial charge in [-0.05, 0) is 83.1 Å². The molecule has 48 heavy (non-hydrogen) atoms. The lowest BCUT2D eigenvalue weighted by Gasteiger charge is -2.27. The molecule has 1 unspecified atom stereocenters. The lowest BCUT2D eigenvalue weighted by molar-refractivity contribution is -0.138. The van der Waals surface area contributed by atoms with Gasteiger partial charge in [-0.25, -0.2) is 14.0 Å². The minimum Gasteiger partial charge on any atom is -0.498 e. The van der Waals surface area contributed by atoms with Gasteiger partial charge >= 0.3 is 18.0 Å². The maximum Gasteiger partial charge on any atom is 0.416 e. The Kier molecular flexibility index (Phi) is 12.1. The van der Waals surface area contributed by atoms with Crippen LogP contribution >= 0.6 is 0 Å². The molecule has 0 bridgehead atoms. The molecule has 1 atom stereocenters. The van der Waals surface area contributed by atoms with Crippen LogP contribution in [0.4, 0.5) is 22.4 Å². The standard InChI is InChI=1S/C36H45F4N3O5/c1-21(2)18-26(31(37)24(5)47-9)30-23(4)42(19-27-22(3)14-13-17-28(27)36(38,39)40)34(46)43(32(30)44)20-29(25-15-11-10-12-16-25)41-33(45)48-35(6,7)8/h11,13-18,21,29H,10,12,19-20H2,1-9H3,(H,41,45)/b26-18-,31-24-. The number of aromatic nitrogens is 2. The fourth-order valence-corrected chi connectivity index (χ4v) is 5.43. The number of methoxy groups -OCH3 is 1. The number of halogens is 4. The lowest BCUT2D eigenvalue weighted by Crippen LogP contribution is -2.49. The summed E-state index contributed by atoms with van der Waals surface area (Å²) < 4.78 is 71.1. The van der Waals surface area contributed by atoms with Crippen molar-refractivity contribution < 1.29 is 31.8 Å². The van der Waals surface area contributed by atoms with E-state index < -0.39 is 59.6 Å². The summed E-state index contributed by atoms with van der Waals surface area (Å²) in [6.07, 6.45) is 2.86. The highest BCUT2D eigenvalue weighted by Gasteiger charge is 2.35. The molecular formula is C36H45F4N3O5. The highest BCUT2D eigenvalue weighted by Crippen LogP contribution is 2.34. The Hall–Kier alpha value is -4.35. The largest absolute Gasteiger partial charge is 0.498 e. The van der Waals surface area contributed by atoms with Crippen molar-refractivity contribution in [2.75, 3.05) is 7.11 Å². The average molecular weight is 676 g/mol. The summed E-state index contributed by atoms with van der Waals surface area (Å²) in [5, 5.41) is 2.74. The third-order valence-electron chi connectivity index (χ3n) is 7.82. The van der Waals surface area contributed by atoms with Gasteiger partial charge in [-0.3, -0.25) is 13.9 Å². The Bertz CT molecular complexity index is 1770. The van der Waals surface area contributed by atoms with E-state index in [9.17, 15) is 27.6 Å². The van der Waals surface area contributed by atoms with Gasteiger partial charge in [0.1, 0.15) is 11.4 Å². The number of carbonyl (C=O) groups is 1. The number of hydrogen-bond donors (Lipinski definition) is 1. The van der Waals surface area contributed by atoms with Crippen molar-refractivity contribution in [3.05, 3.63) is 108 Å². The van der Waals surface area contributed by atoms with E-state index >= 15 is 4.39 Å². The van der Waals surface area contributed by atoms with E-state index in [2.05, 4.69) is 5.32 Å². The van der Waals surface area contributed by atoms with E-state index in [-0.39, 0.29) is 39.6 Å². The number of amides is 1. The van der Waals surface area contributed by atoms with Crippen LogP contribution in [0, 0.1) is 19.8 Å². The third-order valence-corrected chi connectivity index (χ3v) is 7.82. The summed E-state index contributed by atoms with van der Waals surface area (Å²) in [5.41, 5.74) is -3.30. The number of benzene rings is 1. The molecule has 0 saturated heterocycles. The average Bonchev–Trinajstić information content (AvgIpc) is 2.99. The van der Waals surface area contributed by atoms with E-state index in [0.717, 1.165) is 21.6 Å². The summed E-state index contributed by atoms with van der Waals surface area (Å²) in [5.74, 6) is -1.28. The predicted molar refractivity (Wildman–Crippen MR) is 178 cm³/mol. The molecule has 1 aliphatic carbocycles. The molecule has 8 nitrogen and oxygen atoms in total. The van der Waals surface area contributed by atoms with Gasteiger partial charge in [0.2, 0.25) is 0 Å². The van der Waals surface area contributed by atoms with Crippen molar-refractivity contribution in [3.8, 4) is 0 Å². The Labute approximate surface area is 278 Å². The fourth-order valence-electron chi connectivity index (χ4n) is 5.43. The van der Waals surface area contributed by atoms with Crippen LogP contribution in [0.15, 0.2) is 69.3 Å². The van der Waals surface area contributed by atoms with Crippen LogP contribution in [0.3, 0.4) is 0 Å². The summed E-state index contributed by atoms with van der Waals surface area (Å²) in [6, 6.07) is 2.75. The van der Waals surface area contributed by atoms with Crippen molar-refractivity contribution in [1.29, 1.82) is 0 Å². The smallest absolute Gasteiger partial charge is 0.416 e. The Morgan fingerprint density at radius 3 is 2.29 bits per heavy atom. The number of alkyl carbamates (subject to hydrolysis) is 1. The highest BCUT2D eigenvalue weighted by atomic mass is 19.4. The Morgan fingerprint density at radius 2 is 1.75 bits per heavy atom. The first-order chi connectivity index (χ1) is 22.3. The van der Waals surface area contributed by atoms with E-state index in [1.54, 1.807) is 40.7 Å². The molecule has 1 heterocycles. The van der Waals surface area contributed by atoms with E-state index in [1.165, 1.54) is 46.1 Å². The number of rotatable bonds is 10. The topological polar surface area (TPSA) is 91.6 Å². The van der Waals surface area contributed by atoms with Crippen LogP contribution in [0.25, 0.3) is 5.57 Å². The molecule has 3 rings (SSSR count). The second-order valence-electron chi connectivity index (χ2n) is 13.1.